The van der Waals surface area contributed by atoms with Crippen molar-refractivity contribution in [3.05, 3.63) is 18.2 Å². The van der Waals surface area contributed by atoms with Gasteiger partial charge in [0.05, 0.1) is 5.54 Å². The Morgan fingerprint density at radius 3 is 2.37 bits per heavy atom. The second kappa shape index (κ2) is 4.22. The highest BCUT2D eigenvalue weighted by atomic mass is 15.6. The molecule has 0 atom stereocenters. The molecule has 1 aliphatic rings. The Bertz CT molecular complexity index is 577. The Labute approximate surface area is 111 Å². The third kappa shape index (κ3) is 2.03. The van der Waals surface area contributed by atoms with Gasteiger partial charge in [-0.05, 0) is 48.4 Å². The van der Waals surface area contributed by atoms with Crippen molar-refractivity contribution in [2.45, 2.75) is 38.1 Å². The molecule has 0 radical (unpaired) electrons. The largest absolute Gasteiger partial charge is 0.399 e. The summed E-state index contributed by atoms with van der Waals surface area (Å²) in [6.07, 6.45) is 4.63. The summed E-state index contributed by atoms with van der Waals surface area (Å²) in [5.74, 6) is 0.739. The highest BCUT2D eigenvalue weighted by Crippen LogP contribution is 2.38. The summed E-state index contributed by atoms with van der Waals surface area (Å²) in [6, 6.07) is 5.45. The predicted molar refractivity (Wildman–Crippen MR) is 74.2 cm³/mol. The number of benzene rings is 1. The zero-order valence-corrected chi connectivity index (χ0v) is 11.0. The van der Waals surface area contributed by atoms with Gasteiger partial charge in [-0.3, -0.25) is 0 Å². The average Bonchev–Trinajstić information content (AvgIpc) is 2.96. The number of nitrogen functional groups attached to an aromatic ring is 2. The summed E-state index contributed by atoms with van der Waals surface area (Å²) < 4.78 is 1.92. The zero-order chi connectivity index (χ0) is 13.5. The minimum absolute atomic E-state index is 0.00179. The first-order chi connectivity index (χ1) is 9.08. The molecular weight excluding hydrogens is 240 g/mol. The molecule has 1 fully saturated rings. The van der Waals surface area contributed by atoms with E-state index in [0.717, 1.165) is 24.2 Å². The highest BCUT2D eigenvalue weighted by Gasteiger charge is 2.34. The van der Waals surface area contributed by atoms with Crippen LogP contribution in [0.25, 0.3) is 11.4 Å². The lowest BCUT2D eigenvalue weighted by Gasteiger charge is -2.24. The van der Waals surface area contributed by atoms with Crippen molar-refractivity contribution in [1.29, 1.82) is 0 Å². The van der Waals surface area contributed by atoms with Crippen molar-refractivity contribution in [1.82, 2.24) is 20.2 Å². The van der Waals surface area contributed by atoms with Crippen LogP contribution in [0.4, 0.5) is 11.4 Å². The number of nitrogens with two attached hydrogens (primary N) is 2. The van der Waals surface area contributed by atoms with Crippen LogP contribution < -0.4 is 11.5 Å². The number of aromatic nitrogens is 4. The van der Waals surface area contributed by atoms with Crippen molar-refractivity contribution in [3.8, 4) is 11.4 Å². The first-order valence-electron chi connectivity index (χ1n) is 6.54. The van der Waals surface area contributed by atoms with E-state index in [2.05, 4.69) is 22.4 Å². The first kappa shape index (κ1) is 12.0. The highest BCUT2D eigenvalue weighted by molar-refractivity contribution is 5.68. The van der Waals surface area contributed by atoms with Gasteiger partial charge < -0.3 is 11.5 Å². The molecule has 19 heavy (non-hydrogen) atoms. The van der Waals surface area contributed by atoms with Crippen LogP contribution in [0, 0.1) is 0 Å². The SMILES string of the molecule is CC1(n2nnnc2-c2cc(N)cc(N)c2)CCCC1. The summed E-state index contributed by atoms with van der Waals surface area (Å²) in [6.45, 7) is 2.20. The van der Waals surface area contributed by atoms with E-state index in [4.69, 9.17) is 11.5 Å². The molecule has 1 saturated carbocycles. The Balaban J connectivity index is 2.09. The smallest absolute Gasteiger partial charge is 0.182 e. The molecule has 0 bridgehead atoms. The van der Waals surface area contributed by atoms with Crippen LogP contribution in [0.1, 0.15) is 32.6 Å². The topological polar surface area (TPSA) is 95.6 Å². The standard InChI is InChI=1S/C13H18N6/c1-13(4-2-3-5-13)19-12(16-17-18-19)9-6-10(14)8-11(15)7-9/h6-8H,2-5,14-15H2,1H3. The third-order valence-electron chi connectivity index (χ3n) is 3.90. The van der Waals surface area contributed by atoms with E-state index >= 15 is 0 Å². The van der Waals surface area contributed by atoms with Crippen molar-refractivity contribution < 1.29 is 0 Å². The van der Waals surface area contributed by atoms with Crippen molar-refractivity contribution >= 4 is 11.4 Å². The van der Waals surface area contributed by atoms with Crippen LogP contribution in [0.3, 0.4) is 0 Å². The third-order valence-corrected chi connectivity index (χ3v) is 3.90. The predicted octanol–water partition coefficient (Wildman–Crippen LogP) is 1.79. The minimum Gasteiger partial charge on any atom is -0.399 e. The molecule has 1 aromatic carbocycles. The minimum atomic E-state index is -0.00179. The maximum absolute atomic E-state index is 5.84. The number of nitrogens with zero attached hydrogens (tertiary/aromatic N) is 4. The molecule has 6 nitrogen and oxygen atoms in total. The molecule has 3 rings (SSSR count). The maximum atomic E-state index is 5.84. The molecule has 0 saturated heterocycles. The number of hydrogen-bond acceptors (Lipinski definition) is 5. The molecule has 0 amide bonds. The van der Waals surface area contributed by atoms with E-state index in [0.29, 0.717) is 11.4 Å². The Hall–Kier alpha value is -2.11. The fourth-order valence-corrected chi connectivity index (χ4v) is 2.88. The van der Waals surface area contributed by atoms with Gasteiger partial charge in [-0.15, -0.1) is 5.10 Å². The second-order valence-electron chi connectivity index (χ2n) is 5.51. The molecule has 2 aromatic rings. The van der Waals surface area contributed by atoms with Crippen LogP contribution in [-0.2, 0) is 5.54 Å². The van der Waals surface area contributed by atoms with Crippen molar-refractivity contribution in [2.75, 3.05) is 11.5 Å². The molecular formula is C13H18N6. The maximum Gasteiger partial charge on any atom is 0.182 e. The number of rotatable bonds is 2. The molecule has 0 unspecified atom stereocenters. The van der Waals surface area contributed by atoms with Crippen LogP contribution >= 0.6 is 0 Å². The van der Waals surface area contributed by atoms with Crippen LogP contribution in [0.5, 0.6) is 0 Å². The lowest BCUT2D eigenvalue weighted by atomic mass is 10.0. The summed E-state index contributed by atoms with van der Waals surface area (Å²) in [4.78, 5) is 0. The van der Waals surface area contributed by atoms with E-state index < -0.39 is 0 Å². The summed E-state index contributed by atoms with van der Waals surface area (Å²) in [7, 11) is 0. The van der Waals surface area contributed by atoms with Crippen LogP contribution in [0.15, 0.2) is 18.2 Å². The van der Waals surface area contributed by atoms with E-state index in [1.165, 1.54) is 12.8 Å². The van der Waals surface area contributed by atoms with Crippen molar-refractivity contribution in [2.24, 2.45) is 0 Å². The molecule has 100 valence electrons. The number of hydrogen-bond donors (Lipinski definition) is 2. The molecule has 1 aliphatic carbocycles. The van der Waals surface area contributed by atoms with Gasteiger partial charge in [0.1, 0.15) is 0 Å². The Morgan fingerprint density at radius 1 is 1.11 bits per heavy atom. The van der Waals surface area contributed by atoms with Gasteiger partial charge in [-0.1, -0.05) is 12.8 Å². The molecule has 4 N–H and O–H groups in total. The van der Waals surface area contributed by atoms with Crippen LogP contribution in [-0.4, -0.2) is 20.2 Å². The first-order valence-corrected chi connectivity index (χ1v) is 6.54. The lowest BCUT2D eigenvalue weighted by molar-refractivity contribution is 0.293. The fourth-order valence-electron chi connectivity index (χ4n) is 2.88. The molecule has 1 heterocycles. The van der Waals surface area contributed by atoms with Gasteiger partial charge in [0, 0.05) is 16.9 Å². The molecule has 0 aliphatic heterocycles. The normalized spacial score (nSPS) is 17.7. The molecule has 1 aromatic heterocycles. The van der Waals surface area contributed by atoms with Gasteiger partial charge >= 0.3 is 0 Å². The van der Waals surface area contributed by atoms with Gasteiger partial charge in [-0.2, -0.15) is 0 Å². The monoisotopic (exact) mass is 258 g/mol. The quantitative estimate of drug-likeness (QED) is 0.801. The van der Waals surface area contributed by atoms with E-state index in [9.17, 15) is 0 Å². The van der Waals surface area contributed by atoms with Gasteiger partial charge in [-0.25, -0.2) is 4.68 Å². The Kier molecular flexibility index (Phi) is 2.66. The zero-order valence-electron chi connectivity index (χ0n) is 11.0. The van der Waals surface area contributed by atoms with E-state index in [1.54, 1.807) is 6.07 Å². The van der Waals surface area contributed by atoms with Gasteiger partial charge in [0.2, 0.25) is 0 Å². The van der Waals surface area contributed by atoms with Gasteiger partial charge in [0.15, 0.2) is 5.82 Å². The average molecular weight is 258 g/mol. The lowest BCUT2D eigenvalue weighted by Crippen LogP contribution is -2.28. The van der Waals surface area contributed by atoms with Crippen LogP contribution in [0.2, 0.25) is 0 Å². The van der Waals surface area contributed by atoms with E-state index in [1.807, 2.05) is 16.8 Å². The second-order valence-corrected chi connectivity index (χ2v) is 5.51. The summed E-state index contributed by atoms with van der Waals surface area (Å²) in [5, 5.41) is 12.2. The fraction of sp³-hybridized carbons (Fsp3) is 0.462. The summed E-state index contributed by atoms with van der Waals surface area (Å²) in [5.41, 5.74) is 13.8. The van der Waals surface area contributed by atoms with Crippen molar-refractivity contribution in [3.63, 3.8) is 0 Å². The molecule has 6 heteroatoms. The van der Waals surface area contributed by atoms with E-state index in [-0.39, 0.29) is 5.54 Å². The Morgan fingerprint density at radius 2 is 1.74 bits per heavy atom. The number of anilines is 2. The summed E-state index contributed by atoms with van der Waals surface area (Å²) >= 11 is 0. The molecule has 0 spiro atoms. The number of tetrazole rings is 1. The van der Waals surface area contributed by atoms with Gasteiger partial charge in [0.25, 0.3) is 0 Å².